The first kappa shape index (κ1) is 17.2. The van der Waals surface area contributed by atoms with Gasteiger partial charge < -0.3 is 9.47 Å². The van der Waals surface area contributed by atoms with Crippen LogP contribution in [0.1, 0.15) is 24.8 Å². The number of hydrogen-bond acceptors (Lipinski definition) is 3. The van der Waals surface area contributed by atoms with E-state index in [4.69, 9.17) is 9.47 Å². The zero-order valence-electron chi connectivity index (χ0n) is 15.3. The third-order valence-electron chi connectivity index (χ3n) is 5.14. The highest BCUT2D eigenvalue weighted by molar-refractivity contribution is 5.93. The summed E-state index contributed by atoms with van der Waals surface area (Å²) in [6.45, 7) is 0.327. The standard InChI is InChI=1S/C23H21NO3/c1-26-21-14-12-20(13-15-21)24-22(25)27-17-23(24)16-6-5-9-19(23)11-10-18-7-3-2-4-8-18/h2-4,7-9,12-15H,5-6,16-17H2,1H3/t23-/m1/s1. The zero-order valence-corrected chi connectivity index (χ0v) is 15.3. The average molecular weight is 359 g/mol. The fourth-order valence-electron chi connectivity index (χ4n) is 3.74. The molecule has 2 aromatic carbocycles. The van der Waals surface area contributed by atoms with Gasteiger partial charge in [-0.2, -0.15) is 0 Å². The molecule has 1 saturated heterocycles. The normalized spacial score (nSPS) is 21.3. The molecule has 0 aromatic heterocycles. The van der Waals surface area contributed by atoms with Gasteiger partial charge in [-0.05, 0) is 55.7 Å². The maximum atomic E-state index is 12.6. The van der Waals surface area contributed by atoms with Crippen LogP contribution < -0.4 is 9.64 Å². The van der Waals surface area contributed by atoms with E-state index in [1.807, 2.05) is 54.6 Å². The molecule has 0 radical (unpaired) electrons. The summed E-state index contributed by atoms with van der Waals surface area (Å²) >= 11 is 0. The van der Waals surface area contributed by atoms with Crippen molar-refractivity contribution in [1.29, 1.82) is 0 Å². The van der Waals surface area contributed by atoms with Gasteiger partial charge in [-0.25, -0.2) is 4.79 Å². The third kappa shape index (κ3) is 3.17. The van der Waals surface area contributed by atoms with Crippen LogP contribution in [0, 0.1) is 11.8 Å². The molecule has 1 heterocycles. The maximum Gasteiger partial charge on any atom is 0.415 e. The molecular formula is C23H21NO3. The van der Waals surface area contributed by atoms with Crippen LogP contribution in [0.3, 0.4) is 0 Å². The maximum absolute atomic E-state index is 12.6. The number of cyclic esters (lactones) is 1. The molecule has 27 heavy (non-hydrogen) atoms. The summed E-state index contributed by atoms with van der Waals surface area (Å²) in [6.07, 6.45) is 4.62. The number of amides is 1. The molecule has 136 valence electrons. The summed E-state index contributed by atoms with van der Waals surface area (Å²) < 4.78 is 10.7. The van der Waals surface area contributed by atoms with E-state index in [0.717, 1.165) is 41.8 Å². The molecule has 0 saturated carbocycles. The van der Waals surface area contributed by atoms with Crippen LogP contribution >= 0.6 is 0 Å². The van der Waals surface area contributed by atoms with Crippen LogP contribution in [0.4, 0.5) is 10.5 Å². The number of rotatable bonds is 2. The van der Waals surface area contributed by atoms with Gasteiger partial charge in [0.1, 0.15) is 17.9 Å². The van der Waals surface area contributed by atoms with Crippen molar-refractivity contribution in [2.75, 3.05) is 18.6 Å². The number of methoxy groups -OCH3 is 1. The van der Waals surface area contributed by atoms with Gasteiger partial charge in [-0.3, -0.25) is 4.90 Å². The van der Waals surface area contributed by atoms with E-state index in [1.165, 1.54) is 0 Å². The van der Waals surface area contributed by atoms with E-state index in [0.29, 0.717) is 6.61 Å². The van der Waals surface area contributed by atoms with Crippen molar-refractivity contribution in [2.24, 2.45) is 0 Å². The summed E-state index contributed by atoms with van der Waals surface area (Å²) in [5.74, 6) is 7.32. The number of hydrogen-bond donors (Lipinski definition) is 0. The molecular weight excluding hydrogens is 338 g/mol. The highest BCUT2D eigenvalue weighted by Crippen LogP contribution is 2.42. The number of carbonyl (C=O) groups is 1. The van der Waals surface area contributed by atoms with Crippen LogP contribution in [0.5, 0.6) is 5.75 Å². The van der Waals surface area contributed by atoms with Crippen LogP contribution in [-0.4, -0.2) is 25.3 Å². The molecule has 4 nitrogen and oxygen atoms in total. The summed E-state index contributed by atoms with van der Waals surface area (Å²) in [5.41, 5.74) is 2.18. The van der Waals surface area contributed by atoms with Gasteiger partial charge in [0.15, 0.2) is 0 Å². The minimum atomic E-state index is -0.536. The van der Waals surface area contributed by atoms with Crippen molar-refractivity contribution in [2.45, 2.75) is 24.8 Å². The Morgan fingerprint density at radius 2 is 1.85 bits per heavy atom. The lowest BCUT2D eigenvalue weighted by Crippen LogP contribution is -2.50. The first-order valence-corrected chi connectivity index (χ1v) is 9.12. The smallest absolute Gasteiger partial charge is 0.415 e. The van der Waals surface area contributed by atoms with Crippen LogP contribution in [-0.2, 0) is 4.74 Å². The van der Waals surface area contributed by atoms with Crippen LogP contribution in [0.25, 0.3) is 0 Å². The second-order valence-electron chi connectivity index (χ2n) is 6.75. The predicted octanol–water partition coefficient (Wildman–Crippen LogP) is 4.55. The number of allylic oxidation sites excluding steroid dienone is 1. The molecule has 0 N–H and O–H groups in total. The first-order chi connectivity index (χ1) is 13.2. The molecule has 1 aliphatic heterocycles. The van der Waals surface area contributed by atoms with Gasteiger partial charge in [0.25, 0.3) is 0 Å². The Labute approximate surface area is 159 Å². The number of carbonyl (C=O) groups excluding carboxylic acids is 1. The van der Waals surface area contributed by atoms with Crippen molar-refractivity contribution < 1.29 is 14.3 Å². The molecule has 4 rings (SSSR count). The Balaban J connectivity index is 1.73. The van der Waals surface area contributed by atoms with Gasteiger partial charge >= 0.3 is 6.09 Å². The van der Waals surface area contributed by atoms with Crippen LogP contribution in [0.2, 0.25) is 0 Å². The van der Waals surface area contributed by atoms with Gasteiger partial charge in [0, 0.05) is 16.8 Å². The van der Waals surface area contributed by atoms with Crippen LogP contribution in [0.15, 0.2) is 66.2 Å². The summed E-state index contributed by atoms with van der Waals surface area (Å²) in [7, 11) is 1.63. The number of anilines is 1. The molecule has 2 aromatic rings. The monoisotopic (exact) mass is 359 g/mol. The Kier molecular flexibility index (Phi) is 4.60. The molecule has 1 aliphatic carbocycles. The highest BCUT2D eigenvalue weighted by atomic mass is 16.6. The molecule has 0 unspecified atom stereocenters. The summed E-state index contributed by atoms with van der Waals surface area (Å²) in [4.78, 5) is 14.4. The Morgan fingerprint density at radius 1 is 1.07 bits per heavy atom. The van der Waals surface area contributed by atoms with E-state index >= 15 is 0 Å². The number of nitrogens with zero attached hydrogens (tertiary/aromatic N) is 1. The molecule has 1 fully saturated rings. The molecule has 0 bridgehead atoms. The van der Waals surface area contributed by atoms with Gasteiger partial charge in [0.05, 0.1) is 7.11 Å². The minimum Gasteiger partial charge on any atom is -0.497 e. The molecule has 1 amide bonds. The summed E-state index contributed by atoms with van der Waals surface area (Å²) in [6, 6.07) is 17.4. The first-order valence-electron chi connectivity index (χ1n) is 9.12. The largest absolute Gasteiger partial charge is 0.497 e. The quantitative estimate of drug-likeness (QED) is 0.738. The lowest BCUT2D eigenvalue weighted by molar-refractivity contribution is 0.174. The molecule has 1 spiro atoms. The topological polar surface area (TPSA) is 38.8 Å². The number of benzene rings is 2. The van der Waals surface area contributed by atoms with Crippen molar-refractivity contribution in [3.8, 4) is 17.6 Å². The zero-order chi connectivity index (χ0) is 18.7. The fraction of sp³-hybridized carbons (Fsp3) is 0.261. The van der Waals surface area contributed by atoms with Gasteiger partial charge in [-0.15, -0.1) is 0 Å². The van der Waals surface area contributed by atoms with Crippen molar-refractivity contribution in [3.05, 3.63) is 71.8 Å². The molecule has 2 aliphatic rings. The Hall–Kier alpha value is -3.19. The predicted molar refractivity (Wildman–Crippen MR) is 105 cm³/mol. The van der Waals surface area contributed by atoms with Gasteiger partial charge in [-0.1, -0.05) is 36.1 Å². The van der Waals surface area contributed by atoms with E-state index in [9.17, 15) is 4.79 Å². The third-order valence-corrected chi connectivity index (χ3v) is 5.14. The van der Waals surface area contributed by atoms with Crippen molar-refractivity contribution >= 4 is 11.8 Å². The van der Waals surface area contributed by atoms with E-state index in [2.05, 4.69) is 17.9 Å². The Bertz CT molecular complexity index is 922. The van der Waals surface area contributed by atoms with Gasteiger partial charge in [0.2, 0.25) is 0 Å². The Morgan fingerprint density at radius 3 is 2.59 bits per heavy atom. The fourth-order valence-corrected chi connectivity index (χ4v) is 3.74. The second-order valence-corrected chi connectivity index (χ2v) is 6.75. The van der Waals surface area contributed by atoms with E-state index in [-0.39, 0.29) is 6.09 Å². The second kappa shape index (κ2) is 7.20. The molecule has 4 heteroatoms. The van der Waals surface area contributed by atoms with Crippen molar-refractivity contribution in [1.82, 2.24) is 0 Å². The number of ether oxygens (including phenoxy) is 2. The van der Waals surface area contributed by atoms with E-state index in [1.54, 1.807) is 12.0 Å². The lowest BCUT2D eigenvalue weighted by atomic mass is 9.79. The van der Waals surface area contributed by atoms with E-state index < -0.39 is 5.54 Å². The SMILES string of the molecule is COc1ccc(N2C(=O)OC[C@@]23CCCC=C3C#Cc2ccccc2)cc1. The van der Waals surface area contributed by atoms with Crippen molar-refractivity contribution in [3.63, 3.8) is 0 Å². The average Bonchev–Trinajstić information content (AvgIpc) is 3.05. The summed E-state index contributed by atoms with van der Waals surface area (Å²) in [5, 5.41) is 0. The molecule has 1 atom stereocenters. The lowest BCUT2D eigenvalue weighted by Gasteiger charge is -2.38. The minimum absolute atomic E-state index is 0.325. The highest BCUT2D eigenvalue weighted by Gasteiger charge is 2.51.